The van der Waals surface area contributed by atoms with Crippen LogP contribution in [0.2, 0.25) is 0 Å². The fourth-order valence-electron chi connectivity index (χ4n) is 3.66. The number of benzene rings is 2. The zero-order valence-corrected chi connectivity index (χ0v) is 17.9. The number of ether oxygens (including phenoxy) is 3. The van der Waals surface area contributed by atoms with Gasteiger partial charge in [-0.3, -0.25) is 4.79 Å². The van der Waals surface area contributed by atoms with E-state index in [0.29, 0.717) is 35.8 Å². The van der Waals surface area contributed by atoms with Crippen LogP contribution in [0.25, 0.3) is 6.08 Å². The largest absolute Gasteiger partial charge is 0.872 e. The van der Waals surface area contributed by atoms with E-state index in [-0.39, 0.29) is 24.1 Å². The lowest BCUT2D eigenvalue weighted by atomic mass is 10.0. The first-order valence-electron chi connectivity index (χ1n) is 9.65. The topological polar surface area (TPSA) is 72.3 Å². The molecule has 0 fully saturated rings. The van der Waals surface area contributed by atoms with Gasteiger partial charge in [-0.25, -0.2) is 0 Å². The van der Waals surface area contributed by atoms with E-state index in [1.165, 1.54) is 11.0 Å². The molecule has 152 valence electrons. The third-order valence-electron chi connectivity index (χ3n) is 5.31. The number of nitrogens with one attached hydrogen (secondary N) is 1. The SMILES string of the molecule is CC[NH+](CC)Cc1c([O-])ccc2c1O/C(=C\c1cc(Br)cc3c1OCOC3)C2=O. The van der Waals surface area contributed by atoms with E-state index in [1.807, 2.05) is 12.1 Å². The van der Waals surface area contributed by atoms with Gasteiger partial charge in [-0.2, -0.15) is 0 Å². The molecule has 4 rings (SSSR count). The highest BCUT2D eigenvalue weighted by Crippen LogP contribution is 2.40. The van der Waals surface area contributed by atoms with Crippen molar-refractivity contribution in [1.29, 1.82) is 0 Å². The monoisotopic (exact) mass is 459 g/mol. The van der Waals surface area contributed by atoms with Crippen molar-refractivity contribution >= 4 is 27.8 Å². The molecule has 0 spiro atoms. The summed E-state index contributed by atoms with van der Waals surface area (Å²) in [7, 11) is 0. The van der Waals surface area contributed by atoms with Crippen LogP contribution in [0, 0.1) is 0 Å². The molecule has 29 heavy (non-hydrogen) atoms. The molecule has 0 aliphatic carbocycles. The van der Waals surface area contributed by atoms with Gasteiger partial charge in [0.15, 0.2) is 12.6 Å². The molecule has 0 radical (unpaired) electrons. The molecule has 0 saturated carbocycles. The number of allylic oxidation sites excluding steroid dienone is 1. The van der Waals surface area contributed by atoms with Crippen LogP contribution in [0.5, 0.6) is 17.2 Å². The fraction of sp³-hybridized carbons (Fsp3) is 0.318. The number of carbonyl (C=O) groups excluding carboxylic acids is 1. The van der Waals surface area contributed by atoms with Gasteiger partial charge in [-0.1, -0.05) is 27.7 Å². The van der Waals surface area contributed by atoms with Crippen LogP contribution in [0.4, 0.5) is 0 Å². The highest BCUT2D eigenvalue weighted by molar-refractivity contribution is 9.10. The molecule has 0 bridgehead atoms. The first kappa shape index (κ1) is 19.9. The van der Waals surface area contributed by atoms with Gasteiger partial charge in [0.05, 0.1) is 25.3 Å². The average molecular weight is 460 g/mol. The Morgan fingerprint density at radius 3 is 2.76 bits per heavy atom. The van der Waals surface area contributed by atoms with Crippen molar-refractivity contribution in [3.05, 3.63) is 56.8 Å². The Morgan fingerprint density at radius 2 is 2.00 bits per heavy atom. The summed E-state index contributed by atoms with van der Waals surface area (Å²) < 4.78 is 17.8. The predicted octanol–water partition coefficient (Wildman–Crippen LogP) is 2.43. The van der Waals surface area contributed by atoms with Crippen LogP contribution < -0.4 is 19.5 Å². The van der Waals surface area contributed by atoms with E-state index >= 15 is 0 Å². The summed E-state index contributed by atoms with van der Waals surface area (Å²) >= 11 is 3.49. The maximum Gasteiger partial charge on any atom is 0.231 e. The van der Waals surface area contributed by atoms with E-state index < -0.39 is 0 Å². The number of halogens is 1. The van der Waals surface area contributed by atoms with Gasteiger partial charge in [0.25, 0.3) is 0 Å². The van der Waals surface area contributed by atoms with Crippen LogP contribution >= 0.6 is 15.9 Å². The van der Waals surface area contributed by atoms with Gasteiger partial charge in [0.1, 0.15) is 18.0 Å². The number of hydrogen-bond donors (Lipinski definition) is 1. The van der Waals surface area contributed by atoms with Gasteiger partial charge in [-0.05, 0) is 38.1 Å². The Morgan fingerprint density at radius 1 is 1.21 bits per heavy atom. The summed E-state index contributed by atoms with van der Waals surface area (Å²) in [4.78, 5) is 14.2. The zero-order valence-electron chi connectivity index (χ0n) is 16.3. The normalized spacial score (nSPS) is 16.6. The van der Waals surface area contributed by atoms with Crippen LogP contribution in [-0.4, -0.2) is 25.7 Å². The van der Waals surface area contributed by atoms with Crippen molar-refractivity contribution in [3.63, 3.8) is 0 Å². The molecule has 0 saturated heterocycles. The molecule has 0 unspecified atom stereocenters. The minimum atomic E-state index is -0.225. The molecule has 0 aromatic heterocycles. The van der Waals surface area contributed by atoms with Crippen LogP contribution in [0.15, 0.2) is 34.5 Å². The van der Waals surface area contributed by atoms with Crippen LogP contribution in [0.3, 0.4) is 0 Å². The van der Waals surface area contributed by atoms with Gasteiger partial charge in [-0.15, -0.1) is 0 Å². The molecule has 0 amide bonds. The van der Waals surface area contributed by atoms with Gasteiger partial charge in [0, 0.05) is 21.2 Å². The highest BCUT2D eigenvalue weighted by Gasteiger charge is 2.31. The smallest absolute Gasteiger partial charge is 0.231 e. The minimum absolute atomic E-state index is 0.0995. The zero-order chi connectivity index (χ0) is 20.5. The van der Waals surface area contributed by atoms with Crippen LogP contribution in [-0.2, 0) is 17.9 Å². The maximum absolute atomic E-state index is 13.0. The van der Waals surface area contributed by atoms with Crippen molar-refractivity contribution in [2.75, 3.05) is 19.9 Å². The standard InChI is InChI=1S/C22H22BrNO5/c1-3-24(4-2)10-17-18(25)6-5-16-20(26)19(29-22(16)17)9-13-7-15(23)8-14-11-27-12-28-21(13)14/h5-9,25H,3-4,10-12H2,1-2H3/b19-9-. The number of fused-ring (bicyclic) bond motifs is 2. The van der Waals surface area contributed by atoms with Crippen molar-refractivity contribution < 1.29 is 29.0 Å². The third-order valence-corrected chi connectivity index (χ3v) is 5.77. The number of ketones is 1. The molecule has 2 aliphatic heterocycles. The van der Waals surface area contributed by atoms with Gasteiger partial charge >= 0.3 is 0 Å². The van der Waals surface area contributed by atoms with Crippen LogP contribution in [0.1, 0.15) is 40.9 Å². The Balaban J connectivity index is 1.73. The first-order valence-corrected chi connectivity index (χ1v) is 10.4. The Bertz CT molecular complexity index is 997. The second-order valence-corrected chi connectivity index (χ2v) is 8.00. The summed E-state index contributed by atoms with van der Waals surface area (Å²) in [5.41, 5.74) is 2.62. The Labute approximate surface area is 177 Å². The molecule has 1 N–H and O–H groups in total. The van der Waals surface area contributed by atoms with E-state index in [2.05, 4.69) is 29.8 Å². The summed E-state index contributed by atoms with van der Waals surface area (Å²) in [5, 5.41) is 12.5. The van der Waals surface area contributed by atoms with E-state index in [0.717, 1.165) is 28.7 Å². The van der Waals surface area contributed by atoms with E-state index in [9.17, 15) is 9.90 Å². The number of rotatable bonds is 5. The lowest BCUT2D eigenvalue weighted by molar-refractivity contribution is -0.910. The van der Waals surface area contributed by atoms with Crippen molar-refractivity contribution in [3.8, 4) is 17.2 Å². The fourth-order valence-corrected chi connectivity index (χ4v) is 4.19. The Kier molecular flexibility index (Phi) is 5.63. The third kappa shape index (κ3) is 3.77. The highest BCUT2D eigenvalue weighted by atomic mass is 79.9. The molecular formula is C22H22BrNO5. The summed E-state index contributed by atoms with van der Waals surface area (Å²) in [5.74, 6) is 0.934. The molecule has 2 aromatic rings. The quantitative estimate of drug-likeness (QED) is 0.695. The molecule has 2 heterocycles. The van der Waals surface area contributed by atoms with E-state index in [1.54, 1.807) is 12.1 Å². The number of Topliss-reactive ketones (excluding diaryl/α,β-unsaturated/α-hetero) is 1. The molecule has 2 aliphatic rings. The number of quaternary nitrogens is 1. The van der Waals surface area contributed by atoms with Crippen molar-refractivity contribution in [2.24, 2.45) is 0 Å². The second-order valence-electron chi connectivity index (χ2n) is 7.09. The van der Waals surface area contributed by atoms with E-state index in [4.69, 9.17) is 14.2 Å². The average Bonchev–Trinajstić information content (AvgIpc) is 3.03. The van der Waals surface area contributed by atoms with Crippen molar-refractivity contribution in [2.45, 2.75) is 27.0 Å². The summed E-state index contributed by atoms with van der Waals surface area (Å²) in [6.07, 6.45) is 1.68. The predicted molar refractivity (Wildman–Crippen MR) is 109 cm³/mol. The van der Waals surface area contributed by atoms with Crippen molar-refractivity contribution in [1.82, 2.24) is 0 Å². The van der Waals surface area contributed by atoms with Gasteiger partial charge < -0.3 is 24.2 Å². The molecule has 0 atom stereocenters. The minimum Gasteiger partial charge on any atom is -0.872 e. The lowest BCUT2D eigenvalue weighted by Gasteiger charge is -2.21. The molecule has 2 aromatic carbocycles. The lowest BCUT2D eigenvalue weighted by Crippen LogP contribution is -3.10. The first-order chi connectivity index (χ1) is 14.0. The number of carbonyl (C=O) groups is 1. The van der Waals surface area contributed by atoms with Gasteiger partial charge in [0.2, 0.25) is 5.78 Å². The molecule has 7 heteroatoms. The maximum atomic E-state index is 13.0. The Hall–Kier alpha value is -2.35. The molecule has 6 nitrogen and oxygen atoms in total. The summed E-state index contributed by atoms with van der Waals surface area (Å²) in [6, 6.07) is 6.82. The second kappa shape index (κ2) is 8.18. The molecular weight excluding hydrogens is 438 g/mol. The number of hydrogen-bond acceptors (Lipinski definition) is 5. The summed E-state index contributed by atoms with van der Waals surface area (Å²) in [6.45, 7) is 7.06.